The standard InChI is InChI=1S/C34H45N3O8S/c1-6-7-9-18-26(38)27(25-17-13-12-16-24(25)23-14-10-8-11-15-23)34(33(4,45-34)30(35)40)37-29(39)28(32(2,3)46(5,42)43)36-31(41)44-21-22-19-20-22/h8,10-17,22,27-28H,6-7,9,18-21H2,1-5H3,(H2,35,40)(H,36,41)(H,37,39)/t27?,28-,33-,34+/m1/s1. The second-order valence-electron chi connectivity index (χ2n) is 13.0. The summed E-state index contributed by atoms with van der Waals surface area (Å²) in [6.45, 7) is 6.14. The molecule has 0 spiro atoms. The summed E-state index contributed by atoms with van der Waals surface area (Å²) in [7, 11) is -3.97. The molecular formula is C34H45N3O8S. The van der Waals surface area contributed by atoms with Crippen molar-refractivity contribution in [3.05, 3.63) is 60.2 Å². The molecule has 46 heavy (non-hydrogen) atoms. The number of nitrogens with two attached hydrogens (primary N) is 1. The van der Waals surface area contributed by atoms with Gasteiger partial charge in [-0.3, -0.25) is 14.4 Å². The Morgan fingerprint density at radius 3 is 2.24 bits per heavy atom. The van der Waals surface area contributed by atoms with Crippen LogP contribution in [0.25, 0.3) is 11.1 Å². The van der Waals surface area contributed by atoms with Crippen LogP contribution >= 0.6 is 0 Å². The van der Waals surface area contributed by atoms with E-state index in [9.17, 15) is 27.6 Å². The van der Waals surface area contributed by atoms with Gasteiger partial charge in [-0.25, -0.2) is 13.2 Å². The van der Waals surface area contributed by atoms with Crippen LogP contribution in [0.3, 0.4) is 0 Å². The molecule has 4 atom stereocenters. The molecule has 1 heterocycles. The van der Waals surface area contributed by atoms with Gasteiger partial charge in [0.2, 0.25) is 5.91 Å². The molecular weight excluding hydrogens is 610 g/mol. The lowest BCUT2D eigenvalue weighted by Crippen LogP contribution is -2.64. The van der Waals surface area contributed by atoms with Crippen molar-refractivity contribution < 1.29 is 37.1 Å². The molecule has 1 saturated heterocycles. The fraction of sp³-hybridized carbons (Fsp3) is 0.529. The number of hydrogen-bond acceptors (Lipinski definition) is 8. The van der Waals surface area contributed by atoms with Gasteiger partial charge in [0.1, 0.15) is 11.8 Å². The maximum atomic E-state index is 14.3. The van der Waals surface area contributed by atoms with Gasteiger partial charge in [0, 0.05) is 12.7 Å². The zero-order chi connectivity index (χ0) is 33.9. The minimum absolute atomic E-state index is 0.126. The first kappa shape index (κ1) is 35.1. The molecule has 250 valence electrons. The molecule has 3 amide bonds. The number of carbonyl (C=O) groups excluding carboxylic acids is 4. The Morgan fingerprint density at radius 2 is 1.67 bits per heavy atom. The van der Waals surface area contributed by atoms with E-state index < -0.39 is 55.8 Å². The van der Waals surface area contributed by atoms with E-state index >= 15 is 0 Å². The first-order valence-corrected chi connectivity index (χ1v) is 17.6. The SMILES string of the molecule is CCCCCC(=O)C(c1ccccc1-c1ccccc1)[C@]1(NC(=O)[C@@H](NC(=O)OCC2CC2)C(C)(C)S(C)(=O)=O)O[C@]1(C)C(N)=O. The van der Waals surface area contributed by atoms with E-state index in [1.807, 2.05) is 49.4 Å². The van der Waals surface area contributed by atoms with E-state index in [2.05, 4.69) is 10.6 Å². The molecule has 1 unspecified atom stereocenters. The normalized spacial score (nSPS) is 22.3. The Bertz CT molecular complexity index is 1570. The summed E-state index contributed by atoms with van der Waals surface area (Å²) in [5.74, 6) is -3.19. The van der Waals surface area contributed by atoms with Crippen molar-refractivity contribution in [3.8, 4) is 11.1 Å². The van der Waals surface area contributed by atoms with Gasteiger partial charge >= 0.3 is 6.09 Å². The monoisotopic (exact) mass is 655 g/mol. The number of epoxide rings is 1. The summed E-state index contributed by atoms with van der Waals surface area (Å²) in [5.41, 5.74) is 3.98. The van der Waals surface area contributed by atoms with Crippen LogP contribution in [0.4, 0.5) is 4.79 Å². The fourth-order valence-electron chi connectivity index (χ4n) is 5.69. The molecule has 2 aliphatic rings. The van der Waals surface area contributed by atoms with Crippen molar-refractivity contribution >= 4 is 33.5 Å². The minimum atomic E-state index is -3.97. The lowest BCUT2D eigenvalue weighted by atomic mass is 9.77. The van der Waals surface area contributed by atoms with Gasteiger partial charge in [0.25, 0.3) is 5.91 Å². The van der Waals surface area contributed by atoms with Gasteiger partial charge in [-0.1, -0.05) is 74.4 Å². The fourth-order valence-corrected chi connectivity index (χ4v) is 6.28. The van der Waals surface area contributed by atoms with Crippen molar-refractivity contribution in [2.24, 2.45) is 11.7 Å². The first-order valence-electron chi connectivity index (χ1n) is 15.7. The highest BCUT2D eigenvalue weighted by atomic mass is 32.2. The summed E-state index contributed by atoms with van der Waals surface area (Å²) >= 11 is 0. The summed E-state index contributed by atoms with van der Waals surface area (Å²) in [6, 6.07) is 14.8. The molecule has 0 radical (unpaired) electrons. The van der Waals surface area contributed by atoms with Gasteiger partial charge in [0.05, 0.1) is 17.3 Å². The summed E-state index contributed by atoms with van der Waals surface area (Å²) in [6.07, 6.45) is 4.15. The Balaban J connectivity index is 1.82. The predicted molar refractivity (Wildman–Crippen MR) is 173 cm³/mol. The third-order valence-corrected chi connectivity index (χ3v) is 11.4. The summed E-state index contributed by atoms with van der Waals surface area (Å²) in [4.78, 5) is 54.3. The number of amides is 3. The smallest absolute Gasteiger partial charge is 0.407 e. The van der Waals surface area contributed by atoms with E-state index in [1.54, 1.807) is 12.1 Å². The molecule has 0 bridgehead atoms. The predicted octanol–water partition coefficient (Wildman–Crippen LogP) is 4.00. The number of nitrogens with one attached hydrogen (secondary N) is 2. The van der Waals surface area contributed by atoms with Gasteiger partial charge in [-0.15, -0.1) is 0 Å². The Hall–Kier alpha value is -3.77. The first-order chi connectivity index (χ1) is 21.6. The van der Waals surface area contributed by atoms with E-state index in [0.717, 1.165) is 37.5 Å². The molecule has 2 fully saturated rings. The van der Waals surface area contributed by atoms with Gasteiger partial charge in [-0.05, 0) is 62.6 Å². The Labute approximate surface area is 270 Å². The van der Waals surface area contributed by atoms with Crippen LogP contribution < -0.4 is 16.4 Å². The number of unbranched alkanes of at least 4 members (excludes halogenated alkanes) is 2. The minimum Gasteiger partial charge on any atom is -0.449 e. The number of carbonyl (C=O) groups is 4. The maximum absolute atomic E-state index is 14.3. The quantitative estimate of drug-likeness (QED) is 0.180. The molecule has 2 aromatic rings. The molecule has 2 aromatic carbocycles. The Kier molecular flexibility index (Phi) is 10.3. The topological polar surface area (TPSA) is 174 Å². The highest BCUT2D eigenvalue weighted by Crippen LogP contribution is 2.56. The lowest BCUT2D eigenvalue weighted by molar-refractivity contribution is -0.128. The number of ketones is 1. The number of Topliss-reactive ketones (excluding diaryl/α,β-unsaturated/α-hetero) is 1. The third-order valence-electron chi connectivity index (χ3n) is 9.25. The van der Waals surface area contributed by atoms with Crippen LogP contribution in [-0.2, 0) is 33.7 Å². The summed E-state index contributed by atoms with van der Waals surface area (Å²) < 4.78 is 35.4. The van der Waals surface area contributed by atoms with Crippen molar-refractivity contribution in [1.29, 1.82) is 0 Å². The highest BCUT2D eigenvalue weighted by molar-refractivity contribution is 7.92. The maximum Gasteiger partial charge on any atom is 0.407 e. The molecule has 4 N–H and O–H groups in total. The van der Waals surface area contributed by atoms with Crippen LogP contribution in [0, 0.1) is 5.92 Å². The third kappa shape index (κ3) is 7.12. The number of hydrogen-bond donors (Lipinski definition) is 3. The van der Waals surface area contributed by atoms with Crippen LogP contribution in [0.15, 0.2) is 54.6 Å². The number of benzene rings is 2. The highest BCUT2D eigenvalue weighted by Gasteiger charge is 2.77. The zero-order valence-electron chi connectivity index (χ0n) is 27.1. The summed E-state index contributed by atoms with van der Waals surface area (Å²) in [5, 5.41) is 5.16. The van der Waals surface area contributed by atoms with Crippen molar-refractivity contribution in [2.45, 2.75) is 94.3 Å². The molecule has 1 aliphatic carbocycles. The molecule has 4 rings (SSSR count). The Morgan fingerprint density at radius 1 is 1.04 bits per heavy atom. The molecule has 1 saturated carbocycles. The van der Waals surface area contributed by atoms with Crippen LogP contribution in [0.5, 0.6) is 0 Å². The largest absolute Gasteiger partial charge is 0.449 e. The average molecular weight is 656 g/mol. The molecule has 0 aromatic heterocycles. The number of primary amides is 1. The van der Waals surface area contributed by atoms with Crippen molar-refractivity contribution in [1.82, 2.24) is 10.6 Å². The molecule has 11 nitrogen and oxygen atoms in total. The van der Waals surface area contributed by atoms with Crippen LogP contribution in [-0.4, -0.2) is 67.1 Å². The number of rotatable bonds is 16. The van der Waals surface area contributed by atoms with E-state index in [-0.39, 0.29) is 24.7 Å². The molecule has 1 aliphatic heterocycles. The zero-order valence-corrected chi connectivity index (χ0v) is 27.9. The molecule has 12 heteroatoms. The van der Waals surface area contributed by atoms with Crippen LogP contribution in [0.1, 0.15) is 77.7 Å². The number of ether oxygens (including phenoxy) is 2. The second kappa shape index (κ2) is 13.5. The lowest BCUT2D eigenvalue weighted by Gasteiger charge is -2.35. The van der Waals surface area contributed by atoms with Crippen molar-refractivity contribution in [3.63, 3.8) is 0 Å². The van der Waals surface area contributed by atoms with E-state index in [4.69, 9.17) is 15.2 Å². The second-order valence-corrected chi connectivity index (χ2v) is 15.6. The van der Waals surface area contributed by atoms with E-state index in [1.165, 1.54) is 20.8 Å². The van der Waals surface area contributed by atoms with Gasteiger partial charge in [0.15, 0.2) is 21.2 Å². The number of alkyl carbamates (subject to hydrolysis) is 1. The average Bonchev–Trinajstić information content (AvgIpc) is 3.92. The van der Waals surface area contributed by atoms with Gasteiger partial charge < -0.3 is 25.8 Å². The van der Waals surface area contributed by atoms with Crippen molar-refractivity contribution in [2.75, 3.05) is 12.9 Å². The number of sulfone groups is 1. The van der Waals surface area contributed by atoms with Crippen LogP contribution in [0.2, 0.25) is 0 Å². The van der Waals surface area contributed by atoms with Gasteiger partial charge in [-0.2, -0.15) is 0 Å². The van der Waals surface area contributed by atoms with E-state index in [0.29, 0.717) is 17.5 Å².